The quantitative estimate of drug-likeness (QED) is 0.642. The van der Waals surface area contributed by atoms with Crippen LogP contribution in [0.2, 0.25) is 5.15 Å². The first-order valence-electron chi connectivity index (χ1n) is 8.72. The molecule has 26 heavy (non-hydrogen) atoms. The molecule has 0 bridgehead atoms. The molecule has 0 fully saturated rings. The number of pyridine rings is 1. The van der Waals surface area contributed by atoms with E-state index in [0.717, 1.165) is 18.4 Å². The zero-order chi connectivity index (χ0) is 18.5. The van der Waals surface area contributed by atoms with E-state index in [1.54, 1.807) is 0 Å². The number of rotatable bonds is 5. The van der Waals surface area contributed by atoms with Crippen LogP contribution < -0.4 is 5.32 Å². The molecular formula is C20H21ClN2O3. The molecule has 0 saturated carbocycles. The smallest absolute Gasteiger partial charge is 0.340 e. The van der Waals surface area contributed by atoms with Crippen molar-refractivity contribution in [3.05, 3.63) is 63.9 Å². The first kappa shape index (κ1) is 18.4. The molecular weight excluding hydrogens is 352 g/mol. The molecule has 1 unspecified atom stereocenters. The Kier molecular flexibility index (Phi) is 5.89. The third-order valence-corrected chi connectivity index (χ3v) is 4.77. The van der Waals surface area contributed by atoms with Crippen LogP contribution in [-0.2, 0) is 22.4 Å². The van der Waals surface area contributed by atoms with Gasteiger partial charge in [0.15, 0.2) is 6.61 Å². The van der Waals surface area contributed by atoms with Crippen LogP contribution >= 0.6 is 11.6 Å². The second-order valence-corrected chi connectivity index (χ2v) is 6.86. The van der Waals surface area contributed by atoms with Crippen LogP contribution in [0.4, 0.5) is 0 Å². The number of carbonyl (C=O) groups is 2. The number of hydrogen-bond acceptors (Lipinski definition) is 4. The van der Waals surface area contributed by atoms with E-state index in [4.69, 9.17) is 16.3 Å². The number of aryl methyl sites for hydroxylation is 2. The molecule has 0 spiro atoms. The molecule has 5 nitrogen and oxygen atoms in total. The second kappa shape index (κ2) is 8.32. The Bertz CT molecular complexity index is 805. The van der Waals surface area contributed by atoms with Gasteiger partial charge in [-0.1, -0.05) is 29.8 Å². The molecule has 1 aromatic carbocycles. The van der Waals surface area contributed by atoms with Crippen LogP contribution in [0.15, 0.2) is 36.5 Å². The van der Waals surface area contributed by atoms with Gasteiger partial charge in [-0.25, -0.2) is 9.78 Å². The zero-order valence-electron chi connectivity index (χ0n) is 14.6. The van der Waals surface area contributed by atoms with Crippen molar-refractivity contribution >= 4 is 23.5 Å². The molecule has 6 heteroatoms. The predicted molar refractivity (Wildman–Crippen MR) is 99.2 cm³/mol. The summed E-state index contributed by atoms with van der Waals surface area (Å²) in [4.78, 5) is 27.8. The maximum atomic E-state index is 12.1. The highest BCUT2D eigenvalue weighted by Crippen LogP contribution is 2.24. The van der Waals surface area contributed by atoms with Crippen LogP contribution in [0.3, 0.4) is 0 Å². The van der Waals surface area contributed by atoms with E-state index >= 15 is 0 Å². The van der Waals surface area contributed by atoms with Gasteiger partial charge >= 0.3 is 5.97 Å². The fourth-order valence-electron chi connectivity index (χ4n) is 3.10. The average molecular weight is 373 g/mol. The van der Waals surface area contributed by atoms with E-state index < -0.39 is 5.97 Å². The molecule has 136 valence electrons. The molecule has 1 amide bonds. The van der Waals surface area contributed by atoms with Crippen molar-refractivity contribution in [2.24, 2.45) is 0 Å². The maximum absolute atomic E-state index is 12.1. The predicted octanol–water partition coefficient (Wildman–Crippen LogP) is 3.65. The van der Waals surface area contributed by atoms with Crippen molar-refractivity contribution < 1.29 is 14.3 Å². The molecule has 1 atom stereocenters. The number of amides is 1. The van der Waals surface area contributed by atoms with Gasteiger partial charge in [0.2, 0.25) is 0 Å². The van der Waals surface area contributed by atoms with Gasteiger partial charge in [0.25, 0.3) is 5.91 Å². The highest BCUT2D eigenvalue weighted by Gasteiger charge is 2.15. The van der Waals surface area contributed by atoms with Gasteiger partial charge in [-0.05, 0) is 61.4 Å². The van der Waals surface area contributed by atoms with Crippen molar-refractivity contribution in [1.29, 1.82) is 0 Å². The van der Waals surface area contributed by atoms with Crippen molar-refractivity contribution in [3.63, 3.8) is 0 Å². The number of halogens is 1. The van der Waals surface area contributed by atoms with Crippen molar-refractivity contribution in [3.8, 4) is 0 Å². The van der Waals surface area contributed by atoms with Crippen LogP contribution in [0.5, 0.6) is 0 Å². The fourth-order valence-corrected chi connectivity index (χ4v) is 3.21. The number of nitrogens with one attached hydrogen (secondary N) is 1. The topological polar surface area (TPSA) is 68.3 Å². The number of nitrogens with zero attached hydrogens (tertiary/aromatic N) is 1. The van der Waals surface area contributed by atoms with Gasteiger partial charge in [-0.3, -0.25) is 4.79 Å². The summed E-state index contributed by atoms with van der Waals surface area (Å²) in [6, 6.07) is 9.23. The Hall–Kier alpha value is -2.40. The van der Waals surface area contributed by atoms with Gasteiger partial charge in [-0.2, -0.15) is 0 Å². The maximum Gasteiger partial charge on any atom is 0.340 e. The van der Waals surface area contributed by atoms with Gasteiger partial charge in [0.05, 0.1) is 11.6 Å². The third kappa shape index (κ3) is 4.61. The van der Waals surface area contributed by atoms with Gasteiger partial charge < -0.3 is 10.1 Å². The Labute approximate surface area is 157 Å². The number of hydrogen-bond donors (Lipinski definition) is 1. The lowest BCUT2D eigenvalue weighted by atomic mass is 9.89. The van der Waals surface area contributed by atoms with Gasteiger partial charge in [0.1, 0.15) is 5.15 Å². The minimum Gasteiger partial charge on any atom is -0.452 e. The number of aromatic nitrogens is 1. The lowest BCUT2D eigenvalue weighted by molar-refractivity contribution is -0.124. The highest BCUT2D eigenvalue weighted by molar-refractivity contribution is 6.29. The minimum atomic E-state index is -0.606. The van der Waals surface area contributed by atoms with Crippen molar-refractivity contribution in [1.82, 2.24) is 10.3 Å². The summed E-state index contributed by atoms with van der Waals surface area (Å²) in [7, 11) is 0. The largest absolute Gasteiger partial charge is 0.452 e. The van der Waals surface area contributed by atoms with Crippen LogP contribution in [0.1, 0.15) is 52.9 Å². The normalized spacial score (nSPS) is 14.2. The number of ether oxygens (including phenoxy) is 1. The Morgan fingerprint density at radius 2 is 1.96 bits per heavy atom. The SMILES string of the molecule is CC(NC(=O)COC(=O)c1ccc(Cl)nc1)c1ccc2c(c1)CCCC2. The lowest BCUT2D eigenvalue weighted by Crippen LogP contribution is -2.31. The molecule has 0 radical (unpaired) electrons. The molecule has 1 aliphatic rings. The van der Waals surface area contributed by atoms with Gasteiger partial charge in [-0.15, -0.1) is 0 Å². The van der Waals surface area contributed by atoms with Crippen LogP contribution in [0, 0.1) is 0 Å². The molecule has 0 aliphatic heterocycles. The Morgan fingerprint density at radius 3 is 2.69 bits per heavy atom. The average Bonchev–Trinajstić information content (AvgIpc) is 2.66. The standard InChI is InChI=1S/C20H21ClN2O3/c1-13(15-7-6-14-4-2-3-5-16(14)10-15)23-19(24)12-26-20(25)17-8-9-18(21)22-11-17/h6-11,13H,2-5,12H2,1H3,(H,23,24). The third-order valence-electron chi connectivity index (χ3n) is 4.55. The summed E-state index contributed by atoms with van der Waals surface area (Å²) in [6.07, 6.45) is 6.00. The Morgan fingerprint density at radius 1 is 1.19 bits per heavy atom. The monoisotopic (exact) mass is 372 g/mol. The molecule has 1 aliphatic carbocycles. The highest BCUT2D eigenvalue weighted by atomic mass is 35.5. The van der Waals surface area contributed by atoms with E-state index in [-0.39, 0.29) is 29.3 Å². The first-order chi connectivity index (χ1) is 12.5. The van der Waals surface area contributed by atoms with E-state index in [2.05, 4.69) is 28.5 Å². The molecule has 3 rings (SSSR count). The minimum absolute atomic E-state index is 0.148. The van der Waals surface area contributed by atoms with Crippen molar-refractivity contribution in [2.45, 2.75) is 38.6 Å². The molecule has 0 saturated heterocycles. The van der Waals surface area contributed by atoms with E-state index in [1.165, 1.54) is 42.3 Å². The van der Waals surface area contributed by atoms with E-state index in [0.29, 0.717) is 0 Å². The summed E-state index contributed by atoms with van der Waals surface area (Å²) < 4.78 is 5.02. The Balaban J connectivity index is 1.52. The van der Waals surface area contributed by atoms with Crippen LogP contribution in [0.25, 0.3) is 0 Å². The summed E-state index contributed by atoms with van der Waals surface area (Å²) >= 11 is 5.68. The first-order valence-corrected chi connectivity index (χ1v) is 9.10. The van der Waals surface area contributed by atoms with Crippen molar-refractivity contribution in [2.75, 3.05) is 6.61 Å². The summed E-state index contributed by atoms with van der Waals surface area (Å²) in [6.45, 7) is 1.59. The van der Waals surface area contributed by atoms with Gasteiger partial charge in [0, 0.05) is 6.20 Å². The number of fused-ring (bicyclic) bond motifs is 1. The summed E-state index contributed by atoms with van der Waals surface area (Å²) in [5.74, 6) is -0.948. The molecule has 1 N–H and O–H groups in total. The molecule has 1 heterocycles. The second-order valence-electron chi connectivity index (χ2n) is 6.47. The summed E-state index contributed by atoms with van der Waals surface area (Å²) in [5.41, 5.74) is 4.10. The fraction of sp³-hybridized carbons (Fsp3) is 0.350. The number of benzene rings is 1. The molecule has 2 aromatic rings. The van der Waals surface area contributed by atoms with Crippen LogP contribution in [-0.4, -0.2) is 23.5 Å². The van der Waals surface area contributed by atoms with E-state index in [1.807, 2.05) is 6.92 Å². The lowest BCUT2D eigenvalue weighted by Gasteiger charge is -2.20. The van der Waals surface area contributed by atoms with E-state index in [9.17, 15) is 9.59 Å². The summed E-state index contributed by atoms with van der Waals surface area (Å²) in [5, 5.41) is 3.16. The zero-order valence-corrected chi connectivity index (χ0v) is 15.4. The number of esters is 1. The molecule has 1 aromatic heterocycles. The number of carbonyl (C=O) groups excluding carboxylic acids is 2.